The second-order valence-electron chi connectivity index (χ2n) is 7.16. The van der Waals surface area contributed by atoms with Crippen molar-refractivity contribution in [2.24, 2.45) is 0 Å². The molecule has 1 aromatic heterocycles. The summed E-state index contributed by atoms with van der Waals surface area (Å²) >= 11 is 0. The van der Waals surface area contributed by atoms with Crippen LogP contribution in [0.15, 0.2) is 10.9 Å². The van der Waals surface area contributed by atoms with Crippen LogP contribution < -0.4 is 5.56 Å². The highest BCUT2D eigenvalue weighted by Gasteiger charge is 2.33. The number of hydrogen-bond donors (Lipinski definition) is 0. The first-order valence-electron chi connectivity index (χ1n) is 8.77. The molecule has 7 nitrogen and oxygen atoms in total. The zero-order chi connectivity index (χ0) is 16.7. The molecule has 4 rings (SSSR count). The summed E-state index contributed by atoms with van der Waals surface area (Å²) < 4.78 is 24.9. The van der Waals surface area contributed by atoms with Crippen LogP contribution >= 0.6 is 0 Å². The molecule has 2 aliphatic heterocycles. The Bertz CT molecular complexity index is 781. The van der Waals surface area contributed by atoms with Gasteiger partial charge in [-0.3, -0.25) is 14.6 Å². The van der Waals surface area contributed by atoms with Gasteiger partial charge in [-0.1, -0.05) is 0 Å². The fourth-order valence-electron chi connectivity index (χ4n) is 4.06. The summed E-state index contributed by atoms with van der Waals surface area (Å²) in [6.45, 7) is 3.95. The monoisotopic (exact) mass is 352 g/mol. The molecule has 2 saturated heterocycles. The molecule has 132 valence electrons. The van der Waals surface area contributed by atoms with Gasteiger partial charge in [0.15, 0.2) is 9.84 Å². The molecule has 1 unspecified atom stereocenters. The molecule has 0 spiro atoms. The van der Waals surface area contributed by atoms with Crippen LogP contribution in [0.3, 0.4) is 0 Å². The van der Waals surface area contributed by atoms with Gasteiger partial charge in [0.05, 0.1) is 23.9 Å². The fourth-order valence-corrected chi connectivity index (χ4v) is 5.83. The van der Waals surface area contributed by atoms with Crippen LogP contribution in [0.4, 0.5) is 0 Å². The zero-order valence-electron chi connectivity index (χ0n) is 13.9. The van der Waals surface area contributed by atoms with E-state index in [1.54, 1.807) is 10.7 Å². The molecule has 3 heterocycles. The third kappa shape index (κ3) is 3.27. The summed E-state index contributed by atoms with van der Waals surface area (Å²) in [5, 5.41) is 4.53. The van der Waals surface area contributed by atoms with Gasteiger partial charge in [-0.25, -0.2) is 13.1 Å². The first-order valence-corrected chi connectivity index (χ1v) is 10.6. The van der Waals surface area contributed by atoms with E-state index in [9.17, 15) is 13.2 Å². The summed E-state index contributed by atoms with van der Waals surface area (Å²) in [7, 11) is -2.83. The molecule has 1 aliphatic carbocycles. The van der Waals surface area contributed by atoms with Gasteiger partial charge in [-0.05, 0) is 31.2 Å². The van der Waals surface area contributed by atoms with Gasteiger partial charge >= 0.3 is 0 Å². The lowest BCUT2D eigenvalue weighted by Crippen LogP contribution is -2.51. The van der Waals surface area contributed by atoms with Gasteiger partial charge in [-0.2, -0.15) is 5.10 Å². The highest BCUT2D eigenvalue weighted by Crippen LogP contribution is 2.20. The van der Waals surface area contributed by atoms with Crippen molar-refractivity contribution in [1.29, 1.82) is 0 Å². The first-order chi connectivity index (χ1) is 11.5. The summed E-state index contributed by atoms with van der Waals surface area (Å²) in [5.74, 6) is 0.630. The van der Waals surface area contributed by atoms with E-state index in [-0.39, 0.29) is 11.6 Å². The van der Waals surface area contributed by atoms with E-state index >= 15 is 0 Å². The number of piperazine rings is 1. The van der Waals surface area contributed by atoms with Crippen molar-refractivity contribution in [3.63, 3.8) is 0 Å². The maximum absolute atomic E-state index is 12.2. The lowest BCUT2D eigenvalue weighted by Gasteiger charge is -2.37. The third-order valence-corrected chi connectivity index (χ3v) is 7.24. The van der Waals surface area contributed by atoms with Gasteiger partial charge in [-0.15, -0.1) is 0 Å². The second kappa shape index (κ2) is 6.24. The number of aromatic nitrogens is 2. The van der Waals surface area contributed by atoms with Gasteiger partial charge in [0.25, 0.3) is 5.56 Å². The van der Waals surface area contributed by atoms with E-state index in [4.69, 9.17) is 0 Å². The topological polar surface area (TPSA) is 75.5 Å². The van der Waals surface area contributed by atoms with Crippen LogP contribution in [0.2, 0.25) is 0 Å². The zero-order valence-corrected chi connectivity index (χ0v) is 14.7. The maximum Gasteiger partial charge on any atom is 0.268 e. The highest BCUT2D eigenvalue weighted by atomic mass is 32.2. The molecule has 0 radical (unpaired) electrons. The highest BCUT2D eigenvalue weighted by molar-refractivity contribution is 7.91. The Kier molecular flexibility index (Phi) is 4.22. The lowest BCUT2D eigenvalue weighted by molar-refractivity contribution is 0.0797. The predicted molar refractivity (Wildman–Crippen MR) is 90.7 cm³/mol. The van der Waals surface area contributed by atoms with Crippen LogP contribution in [-0.4, -0.2) is 71.7 Å². The Morgan fingerprint density at radius 1 is 1.17 bits per heavy atom. The minimum atomic E-state index is -2.83. The van der Waals surface area contributed by atoms with Crippen molar-refractivity contribution in [2.75, 3.05) is 37.7 Å². The van der Waals surface area contributed by atoms with E-state index in [2.05, 4.69) is 14.9 Å². The maximum atomic E-state index is 12.2. The Morgan fingerprint density at radius 3 is 2.67 bits per heavy atom. The SMILES string of the molecule is O=c1cc2c(nn1CN1CCN(C3CCS(=O)(=O)C3)CC1)CCC2. The molecule has 24 heavy (non-hydrogen) atoms. The molecule has 0 aromatic carbocycles. The summed E-state index contributed by atoms with van der Waals surface area (Å²) in [5.41, 5.74) is 2.17. The van der Waals surface area contributed by atoms with Crippen LogP contribution in [0.5, 0.6) is 0 Å². The van der Waals surface area contributed by atoms with Crippen molar-refractivity contribution in [3.05, 3.63) is 27.7 Å². The molecule has 0 saturated carbocycles. The predicted octanol–water partition coefficient (Wildman–Crippen LogP) is -0.506. The minimum Gasteiger partial charge on any atom is -0.297 e. The summed E-state index contributed by atoms with van der Waals surface area (Å²) in [4.78, 5) is 16.7. The third-order valence-electron chi connectivity index (χ3n) is 5.49. The summed E-state index contributed by atoms with van der Waals surface area (Å²) in [6.07, 6.45) is 3.80. The summed E-state index contributed by atoms with van der Waals surface area (Å²) in [6, 6.07) is 1.92. The quantitative estimate of drug-likeness (QED) is 0.730. The van der Waals surface area contributed by atoms with Crippen molar-refractivity contribution in [2.45, 2.75) is 38.4 Å². The molecule has 8 heteroatoms. The van der Waals surface area contributed by atoms with Gasteiger partial charge in [0.1, 0.15) is 0 Å². The Morgan fingerprint density at radius 2 is 1.96 bits per heavy atom. The van der Waals surface area contributed by atoms with E-state index in [1.807, 2.05) is 0 Å². The molecule has 0 N–H and O–H groups in total. The van der Waals surface area contributed by atoms with Gasteiger partial charge in [0, 0.05) is 38.3 Å². The van der Waals surface area contributed by atoms with E-state index in [0.717, 1.165) is 63.1 Å². The number of hydrogen-bond acceptors (Lipinski definition) is 6. The van der Waals surface area contributed by atoms with Gasteiger partial charge < -0.3 is 0 Å². The molecule has 1 atom stereocenters. The minimum absolute atomic E-state index is 0.0139. The van der Waals surface area contributed by atoms with E-state index < -0.39 is 9.84 Å². The van der Waals surface area contributed by atoms with Gasteiger partial charge in [0.2, 0.25) is 0 Å². The first kappa shape index (κ1) is 16.2. The number of rotatable bonds is 3. The van der Waals surface area contributed by atoms with Crippen molar-refractivity contribution in [1.82, 2.24) is 19.6 Å². The Hall–Kier alpha value is -1.25. The van der Waals surface area contributed by atoms with Crippen molar-refractivity contribution >= 4 is 9.84 Å². The molecular weight excluding hydrogens is 328 g/mol. The lowest BCUT2D eigenvalue weighted by atomic mass is 10.2. The number of aryl methyl sites for hydroxylation is 2. The normalized spacial score (nSPS) is 27.4. The van der Waals surface area contributed by atoms with Crippen LogP contribution in [0.25, 0.3) is 0 Å². The Labute approximate surface area is 142 Å². The van der Waals surface area contributed by atoms with E-state index in [0.29, 0.717) is 18.2 Å². The molecule has 3 aliphatic rings. The number of sulfone groups is 1. The van der Waals surface area contributed by atoms with Crippen molar-refractivity contribution in [3.8, 4) is 0 Å². The van der Waals surface area contributed by atoms with Crippen molar-refractivity contribution < 1.29 is 8.42 Å². The number of fused-ring (bicyclic) bond motifs is 1. The van der Waals surface area contributed by atoms with Crippen LogP contribution in [0, 0.1) is 0 Å². The molecular formula is C16H24N4O3S. The van der Waals surface area contributed by atoms with Crippen LogP contribution in [0.1, 0.15) is 24.1 Å². The Balaban J connectivity index is 1.36. The second-order valence-corrected chi connectivity index (χ2v) is 9.39. The number of nitrogens with zero attached hydrogens (tertiary/aromatic N) is 4. The standard InChI is InChI=1S/C16H24N4O3S/c21-16-10-13-2-1-3-15(13)17-20(16)12-18-5-7-19(8-6-18)14-4-9-24(22,23)11-14/h10,14H,1-9,11-12H2. The smallest absolute Gasteiger partial charge is 0.268 e. The van der Waals surface area contributed by atoms with Crippen LogP contribution in [-0.2, 0) is 29.3 Å². The fraction of sp³-hybridized carbons (Fsp3) is 0.750. The molecule has 1 aromatic rings. The average Bonchev–Trinajstić information content (AvgIpc) is 3.14. The average molecular weight is 352 g/mol. The van der Waals surface area contributed by atoms with E-state index in [1.165, 1.54) is 0 Å². The molecule has 0 bridgehead atoms. The molecule has 2 fully saturated rings. The largest absolute Gasteiger partial charge is 0.297 e. The molecule has 0 amide bonds.